The summed E-state index contributed by atoms with van der Waals surface area (Å²) in [6.07, 6.45) is -1.99. The summed E-state index contributed by atoms with van der Waals surface area (Å²) in [6, 6.07) is 22.1. The number of alkyl carbamates (subject to hydrolysis) is 1. The summed E-state index contributed by atoms with van der Waals surface area (Å²) in [5.41, 5.74) is 4.95. The molecular formula is C28H27N3O4. The maximum Gasteiger partial charge on any atom is 0.409 e. The molecule has 3 aromatic rings. The standard InChI is InChI=1S/C28H27N3O4/c1-18-10-7-8-14-22(18)24(32)16-31-25-19(2)11-9-15-23(25)20(3)29-26(27(31)33)30-28(34)35-17-21-12-5-4-6-13-21/h4-15,26H,16-17H2,1-3H3,(H,30,34). The number of hydrogen-bond donors (Lipinski definition) is 1. The van der Waals surface area contributed by atoms with Crippen molar-refractivity contribution in [2.75, 3.05) is 11.4 Å². The van der Waals surface area contributed by atoms with E-state index in [9.17, 15) is 14.4 Å². The average Bonchev–Trinajstić information content (AvgIpc) is 2.95. The Morgan fingerprint density at radius 2 is 1.60 bits per heavy atom. The van der Waals surface area contributed by atoms with Crippen molar-refractivity contribution in [1.82, 2.24) is 5.32 Å². The number of ether oxygens (including phenoxy) is 1. The summed E-state index contributed by atoms with van der Waals surface area (Å²) in [5.74, 6) is -0.702. The summed E-state index contributed by atoms with van der Waals surface area (Å²) >= 11 is 0. The highest BCUT2D eigenvalue weighted by atomic mass is 16.5. The van der Waals surface area contributed by atoms with Gasteiger partial charge in [0.2, 0.25) is 6.17 Å². The molecule has 0 radical (unpaired) electrons. The molecule has 2 amide bonds. The maximum atomic E-state index is 13.7. The summed E-state index contributed by atoms with van der Waals surface area (Å²) in [7, 11) is 0. The SMILES string of the molecule is CC1=NC(NC(=O)OCc2ccccc2)C(=O)N(CC(=O)c2ccccc2C)c2c(C)cccc21. The smallest absolute Gasteiger partial charge is 0.409 e. The van der Waals surface area contributed by atoms with Gasteiger partial charge in [-0.25, -0.2) is 4.79 Å². The molecule has 3 aromatic carbocycles. The number of nitrogens with one attached hydrogen (secondary N) is 1. The zero-order valence-corrected chi connectivity index (χ0v) is 19.9. The fourth-order valence-corrected chi connectivity index (χ4v) is 4.13. The minimum absolute atomic E-state index is 0.0606. The fraction of sp³-hybridized carbons (Fsp3) is 0.214. The van der Waals surface area contributed by atoms with Gasteiger partial charge in [0.1, 0.15) is 6.61 Å². The molecule has 0 saturated carbocycles. The Morgan fingerprint density at radius 3 is 2.34 bits per heavy atom. The monoisotopic (exact) mass is 469 g/mol. The third kappa shape index (κ3) is 5.30. The summed E-state index contributed by atoms with van der Waals surface area (Å²) in [6.45, 7) is 5.40. The van der Waals surface area contributed by atoms with Crippen molar-refractivity contribution in [2.45, 2.75) is 33.5 Å². The van der Waals surface area contributed by atoms with E-state index in [0.29, 0.717) is 17.0 Å². The number of benzene rings is 3. The molecule has 1 unspecified atom stereocenters. The number of anilines is 1. The Morgan fingerprint density at radius 1 is 0.914 bits per heavy atom. The highest BCUT2D eigenvalue weighted by molar-refractivity contribution is 6.15. The van der Waals surface area contributed by atoms with Crippen molar-refractivity contribution >= 4 is 29.2 Å². The lowest BCUT2D eigenvalue weighted by Crippen LogP contribution is -2.49. The Kier molecular flexibility index (Phi) is 7.06. The van der Waals surface area contributed by atoms with Crippen LogP contribution in [-0.4, -0.2) is 36.2 Å². The van der Waals surface area contributed by atoms with Gasteiger partial charge in [-0.2, -0.15) is 0 Å². The van der Waals surface area contributed by atoms with E-state index >= 15 is 0 Å². The van der Waals surface area contributed by atoms with E-state index in [0.717, 1.165) is 22.3 Å². The summed E-state index contributed by atoms with van der Waals surface area (Å²) < 4.78 is 5.30. The van der Waals surface area contributed by atoms with Crippen LogP contribution in [0.5, 0.6) is 0 Å². The first-order valence-electron chi connectivity index (χ1n) is 11.4. The van der Waals surface area contributed by atoms with Gasteiger partial charge < -0.3 is 9.64 Å². The van der Waals surface area contributed by atoms with Gasteiger partial charge in [-0.3, -0.25) is 19.9 Å². The molecule has 7 nitrogen and oxygen atoms in total. The van der Waals surface area contributed by atoms with Crippen molar-refractivity contribution in [3.05, 3.63) is 101 Å². The van der Waals surface area contributed by atoms with Crippen molar-refractivity contribution in [2.24, 2.45) is 4.99 Å². The topological polar surface area (TPSA) is 88.1 Å². The number of hydrogen-bond acceptors (Lipinski definition) is 5. The lowest BCUT2D eigenvalue weighted by atomic mass is 10.0. The van der Waals surface area contributed by atoms with Crippen LogP contribution in [0.1, 0.15) is 39.5 Å². The Balaban J connectivity index is 1.61. The third-order valence-corrected chi connectivity index (χ3v) is 5.93. The quantitative estimate of drug-likeness (QED) is 0.535. The molecule has 4 rings (SSSR count). The molecule has 35 heavy (non-hydrogen) atoms. The summed E-state index contributed by atoms with van der Waals surface area (Å²) in [5, 5.41) is 2.57. The number of aliphatic imine (C=N–C) groups is 1. The average molecular weight is 470 g/mol. The number of amides is 2. The lowest BCUT2D eigenvalue weighted by Gasteiger charge is -2.26. The minimum atomic E-state index is -1.23. The number of benzodiazepines with no additional fused rings is 1. The molecule has 0 spiro atoms. The molecular weight excluding hydrogens is 442 g/mol. The van der Waals surface area contributed by atoms with Crippen LogP contribution in [0.3, 0.4) is 0 Å². The second-order valence-electron chi connectivity index (χ2n) is 8.46. The lowest BCUT2D eigenvalue weighted by molar-refractivity contribution is -0.120. The zero-order valence-electron chi connectivity index (χ0n) is 19.9. The first-order chi connectivity index (χ1) is 16.8. The minimum Gasteiger partial charge on any atom is -0.445 e. The molecule has 1 heterocycles. The second-order valence-corrected chi connectivity index (χ2v) is 8.46. The number of fused-ring (bicyclic) bond motifs is 1. The predicted octanol–water partition coefficient (Wildman–Crippen LogP) is 4.59. The third-order valence-electron chi connectivity index (χ3n) is 5.93. The molecule has 178 valence electrons. The first-order valence-corrected chi connectivity index (χ1v) is 11.4. The van der Waals surface area contributed by atoms with E-state index in [2.05, 4.69) is 10.3 Å². The summed E-state index contributed by atoms with van der Waals surface area (Å²) in [4.78, 5) is 45.3. The van der Waals surface area contributed by atoms with Gasteiger partial charge in [-0.05, 0) is 37.5 Å². The zero-order chi connectivity index (χ0) is 24.9. The number of carbonyl (C=O) groups is 3. The number of ketones is 1. The predicted molar refractivity (Wildman–Crippen MR) is 135 cm³/mol. The molecule has 0 fully saturated rings. The number of para-hydroxylation sites is 1. The highest BCUT2D eigenvalue weighted by Gasteiger charge is 2.34. The van der Waals surface area contributed by atoms with Crippen molar-refractivity contribution in [3.63, 3.8) is 0 Å². The van der Waals surface area contributed by atoms with Gasteiger partial charge in [0, 0.05) is 16.8 Å². The first kappa shape index (κ1) is 23.9. The number of rotatable bonds is 6. The molecule has 1 atom stereocenters. The molecule has 0 bridgehead atoms. The molecule has 0 aliphatic carbocycles. The van der Waals surface area contributed by atoms with E-state index < -0.39 is 18.2 Å². The van der Waals surface area contributed by atoms with Gasteiger partial charge in [0.15, 0.2) is 5.78 Å². The maximum absolute atomic E-state index is 13.7. The van der Waals surface area contributed by atoms with E-state index in [4.69, 9.17) is 4.74 Å². The van der Waals surface area contributed by atoms with Crippen molar-refractivity contribution in [3.8, 4) is 0 Å². The Labute approximate surface area is 204 Å². The van der Waals surface area contributed by atoms with E-state index in [-0.39, 0.29) is 18.9 Å². The fourth-order valence-electron chi connectivity index (χ4n) is 4.13. The van der Waals surface area contributed by atoms with Gasteiger partial charge in [-0.1, -0.05) is 72.8 Å². The highest BCUT2D eigenvalue weighted by Crippen LogP contribution is 2.30. The normalized spacial score (nSPS) is 15.1. The molecule has 1 aliphatic heterocycles. The van der Waals surface area contributed by atoms with Crippen LogP contribution >= 0.6 is 0 Å². The van der Waals surface area contributed by atoms with Gasteiger partial charge in [-0.15, -0.1) is 0 Å². The van der Waals surface area contributed by atoms with Crippen LogP contribution < -0.4 is 10.2 Å². The number of aryl methyl sites for hydroxylation is 2. The van der Waals surface area contributed by atoms with Crippen molar-refractivity contribution < 1.29 is 19.1 Å². The number of nitrogens with zero attached hydrogens (tertiary/aromatic N) is 2. The second kappa shape index (κ2) is 10.3. The van der Waals surface area contributed by atoms with Crippen LogP contribution in [-0.2, 0) is 16.1 Å². The Bertz CT molecular complexity index is 1300. The van der Waals surface area contributed by atoms with Crippen LogP contribution in [0.15, 0.2) is 77.8 Å². The molecule has 1 aliphatic rings. The van der Waals surface area contributed by atoms with Crippen LogP contribution in [0.4, 0.5) is 10.5 Å². The van der Waals surface area contributed by atoms with Crippen LogP contribution in [0.2, 0.25) is 0 Å². The van der Waals surface area contributed by atoms with Gasteiger partial charge in [0.05, 0.1) is 12.2 Å². The molecule has 1 N–H and O–H groups in total. The molecule has 0 saturated heterocycles. The molecule has 0 aromatic heterocycles. The van der Waals surface area contributed by atoms with E-state index in [1.807, 2.05) is 74.5 Å². The van der Waals surface area contributed by atoms with Crippen molar-refractivity contribution in [1.29, 1.82) is 0 Å². The van der Waals surface area contributed by atoms with E-state index in [1.54, 1.807) is 19.1 Å². The number of Topliss-reactive ketones (excluding diaryl/α,β-unsaturated/α-hetero) is 1. The number of carbonyl (C=O) groups excluding carboxylic acids is 3. The largest absolute Gasteiger partial charge is 0.445 e. The van der Waals surface area contributed by atoms with Gasteiger partial charge in [0.25, 0.3) is 5.91 Å². The molecule has 7 heteroatoms. The van der Waals surface area contributed by atoms with Crippen LogP contribution in [0.25, 0.3) is 0 Å². The van der Waals surface area contributed by atoms with Gasteiger partial charge >= 0.3 is 6.09 Å². The van der Waals surface area contributed by atoms with E-state index in [1.165, 1.54) is 4.90 Å². The van der Waals surface area contributed by atoms with Crippen LogP contribution in [0, 0.1) is 13.8 Å². The Hall–Kier alpha value is -4.26.